The third kappa shape index (κ3) is 5.56. The Hall–Kier alpha value is -2.85. The number of benzene rings is 2. The molecule has 0 amide bonds. The van der Waals surface area contributed by atoms with Gasteiger partial charge in [0.2, 0.25) is 0 Å². The molecule has 0 N–H and O–H groups in total. The number of carbonyl (C=O) groups is 1. The molecule has 4 heteroatoms. The number of thiophene rings is 1. The normalized spacial score (nSPS) is 10.9. The maximum atomic E-state index is 11.9. The molecule has 27 heavy (non-hydrogen) atoms. The standard InChI is InChI=1S/C23H22O3S/c1-17-12-13-27-22(17)11-9-19-8-10-21(18(2)14-19)25-16-23(24)26-15-20-6-4-3-5-7-20/h3-14H,15-16H2,1-2H3/b11-9+. The first-order chi connectivity index (χ1) is 13.1. The van der Waals surface area contributed by atoms with Crippen LogP contribution in [0.15, 0.2) is 60.0 Å². The fraction of sp³-hybridized carbons (Fsp3) is 0.174. The average Bonchev–Trinajstić information content (AvgIpc) is 3.09. The first-order valence-corrected chi connectivity index (χ1v) is 9.65. The quantitative estimate of drug-likeness (QED) is 0.498. The second kappa shape index (κ2) is 9.19. The molecular formula is C23H22O3S. The van der Waals surface area contributed by atoms with Crippen molar-refractivity contribution < 1.29 is 14.3 Å². The van der Waals surface area contributed by atoms with E-state index in [1.807, 2.05) is 55.5 Å². The van der Waals surface area contributed by atoms with Crippen molar-refractivity contribution in [3.05, 3.63) is 87.1 Å². The van der Waals surface area contributed by atoms with Gasteiger partial charge in [0.25, 0.3) is 0 Å². The highest BCUT2D eigenvalue weighted by Crippen LogP contribution is 2.22. The summed E-state index contributed by atoms with van der Waals surface area (Å²) in [5.74, 6) is 0.312. The number of ether oxygens (including phenoxy) is 2. The molecule has 0 bridgehead atoms. The van der Waals surface area contributed by atoms with Crippen molar-refractivity contribution in [2.75, 3.05) is 6.61 Å². The lowest BCUT2D eigenvalue weighted by molar-refractivity contribution is -0.147. The van der Waals surface area contributed by atoms with E-state index < -0.39 is 0 Å². The summed E-state index contributed by atoms with van der Waals surface area (Å²) in [4.78, 5) is 13.1. The van der Waals surface area contributed by atoms with Crippen molar-refractivity contribution in [2.24, 2.45) is 0 Å². The minimum absolute atomic E-state index is 0.1000. The van der Waals surface area contributed by atoms with E-state index in [9.17, 15) is 4.79 Å². The number of hydrogen-bond acceptors (Lipinski definition) is 4. The van der Waals surface area contributed by atoms with Crippen LogP contribution >= 0.6 is 11.3 Å². The van der Waals surface area contributed by atoms with Gasteiger partial charge < -0.3 is 9.47 Å². The van der Waals surface area contributed by atoms with E-state index in [0.717, 1.165) is 16.7 Å². The van der Waals surface area contributed by atoms with Crippen molar-refractivity contribution >= 4 is 29.5 Å². The topological polar surface area (TPSA) is 35.5 Å². The van der Waals surface area contributed by atoms with Crippen LogP contribution in [-0.2, 0) is 16.1 Å². The number of aryl methyl sites for hydroxylation is 2. The Balaban J connectivity index is 1.52. The Morgan fingerprint density at radius 3 is 2.52 bits per heavy atom. The molecule has 1 aromatic heterocycles. The molecule has 3 aromatic rings. The van der Waals surface area contributed by atoms with Crippen molar-refractivity contribution in [3.8, 4) is 5.75 Å². The summed E-state index contributed by atoms with van der Waals surface area (Å²) in [7, 11) is 0. The van der Waals surface area contributed by atoms with E-state index in [4.69, 9.17) is 9.47 Å². The van der Waals surface area contributed by atoms with E-state index in [-0.39, 0.29) is 19.2 Å². The van der Waals surface area contributed by atoms with Gasteiger partial charge in [-0.25, -0.2) is 4.79 Å². The summed E-state index contributed by atoms with van der Waals surface area (Å²) in [5.41, 5.74) is 4.32. The van der Waals surface area contributed by atoms with Gasteiger partial charge in [0.1, 0.15) is 12.4 Å². The molecule has 1 heterocycles. The molecule has 2 aromatic carbocycles. The molecule has 0 fully saturated rings. The van der Waals surface area contributed by atoms with Gasteiger partial charge in [-0.15, -0.1) is 11.3 Å². The summed E-state index contributed by atoms with van der Waals surface area (Å²) in [6.07, 6.45) is 4.21. The minimum Gasteiger partial charge on any atom is -0.482 e. The lowest BCUT2D eigenvalue weighted by atomic mass is 10.1. The Morgan fingerprint density at radius 2 is 1.81 bits per heavy atom. The van der Waals surface area contributed by atoms with Crippen LogP contribution in [-0.4, -0.2) is 12.6 Å². The van der Waals surface area contributed by atoms with E-state index >= 15 is 0 Å². The van der Waals surface area contributed by atoms with Crippen LogP contribution in [0.2, 0.25) is 0 Å². The van der Waals surface area contributed by atoms with Gasteiger partial charge in [-0.3, -0.25) is 0 Å². The van der Waals surface area contributed by atoms with Crippen LogP contribution in [0.5, 0.6) is 5.75 Å². The molecule has 0 aliphatic carbocycles. The third-order valence-electron chi connectivity index (χ3n) is 4.12. The lowest BCUT2D eigenvalue weighted by Gasteiger charge is -2.10. The largest absolute Gasteiger partial charge is 0.482 e. The van der Waals surface area contributed by atoms with E-state index in [1.165, 1.54) is 10.4 Å². The van der Waals surface area contributed by atoms with Gasteiger partial charge in [-0.05, 0) is 65.8 Å². The van der Waals surface area contributed by atoms with Gasteiger partial charge in [0.05, 0.1) is 0 Å². The molecule has 0 saturated carbocycles. The van der Waals surface area contributed by atoms with E-state index in [1.54, 1.807) is 11.3 Å². The van der Waals surface area contributed by atoms with Crippen LogP contribution < -0.4 is 4.74 Å². The molecule has 0 aliphatic heterocycles. The Kier molecular flexibility index (Phi) is 6.44. The zero-order chi connectivity index (χ0) is 19.1. The van der Waals surface area contributed by atoms with Gasteiger partial charge in [0, 0.05) is 4.88 Å². The van der Waals surface area contributed by atoms with Crippen LogP contribution in [0, 0.1) is 13.8 Å². The SMILES string of the molecule is Cc1cc(/C=C/c2sccc2C)ccc1OCC(=O)OCc1ccccc1. The highest BCUT2D eigenvalue weighted by Gasteiger charge is 2.07. The summed E-state index contributed by atoms with van der Waals surface area (Å²) < 4.78 is 10.8. The lowest BCUT2D eigenvalue weighted by Crippen LogP contribution is -2.15. The van der Waals surface area contributed by atoms with Crippen LogP contribution in [0.4, 0.5) is 0 Å². The summed E-state index contributed by atoms with van der Waals surface area (Å²) >= 11 is 1.73. The Morgan fingerprint density at radius 1 is 1.00 bits per heavy atom. The predicted octanol–water partition coefficient (Wildman–Crippen LogP) is 5.66. The second-order valence-corrected chi connectivity index (χ2v) is 7.21. The summed E-state index contributed by atoms with van der Waals surface area (Å²) in [6, 6.07) is 17.6. The molecule has 0 aliphatic rings. The maximum Gasteiger partial charge on any atom is 0.344 e. The summed E-state index contributed by atoms with van der Waals surface area (Å²) in [6.45, 7) is 4.23. The molecule has 0 spiro atoms. The van der Waals surface area contributed by atoms with Crippen LogP contribution in [0.25, 0.3) is 12.2 Å². The average molecular weight is 378 g/mol. The van der Waals surface area contributed by atoms with Gasteiger partial charge >= 0.3 is 5.97 Å². The van der Waals surface area contributed by atoms with Crippen LogP contribution in [0.3, 0.4) is 0 Å². The number of hydrogen-bond donors (Lipinski definition) is 0. The van der Waals surface area contributed by atoms with Crippen molar-refractivity contribution in [1.82, 2.24) is 0 Å². The van der Waals surface area contributed by atoms with Crippen LogP contribution in [0.1, 0.15) is 27.1 Å². The molecule has 0 saturated heterocycles. The zero-order valence-electron chi connectivity index (χ0n) is 15.5. The van der Waals surface area contributed by atoms with Crippen molar-refractivity contribution in [2.45, 2.75) is 20.5 Å². The van der Waals surface area contributed by atoms with Gasteiger partial charge in [0.15, 0.2) is 6.61 Å². The van der Waals surface area contributed by atoms with Crippen molar-refractivity contribution in [1.29, 1.82) is 0 Å². The highest BCUT2D eigenvalue weighted by atomic mass is 32.1. The first-order valence-electron chi connectivity index (χ1n) is 8.77. The first kappa shape index (κ1) is 18.9. The molecule has 3 nitrogen and oxygen atoms in total. The zero-order valence-corrected chi connectivity index (χ0v) is 16.3. The minimum atomic E-state index is -0.379. The number of carbonyl (C=O) groups excluding carboxylic acids is 1. The molecule has 0 radical (unpaired) electrons. The van der Waals surface area contributed by atoms with E-state index in [0.29, 0.717) is 5.75 Å². The molecule has 0 atom stereocenters. The molecule has 138 valence electrons. The fourth-order valence-electron chi connectivity index (χ4n) is 2.58. The third-order valence-corrected chi connectivity index (χ3v) is 5.10. The Labute approximate surface area is 163 Å². The monoisotopic (exact) mass is 378 g/mol. The molecular weight excluding hydrogens is 356 g/mol. The van der Waals surface area contributed by atoms with Crippen molar-refractivity contribution in [3.63, 3.8) is 0 Å². The van der Waals surface area contributed by atoms with Gasteiger partial charge in [-0.2, -0.15) is 0 Å². The van der Waals surface area contributed by atoms with Gasteiger partial charge in [-0.1, -0.05) is 42.5 Å². The second-order valence-electron chi connectivity index (χ2n) is 6.26. The van der Waals surface area contributed by atoms with E-state index in [2.05, 4.69) is 30.5 Å². The number of esters is 1. The Bertz CT molecular complexity index is 926. The fourth-order valence-corrected chi connectivity index (χ4v) is 3.40. The number of rotatable bonds is 7. The maximum absolute atomic E-state index is 11.9. The molecule has 3 rings (SSSR count). The summed E-state index contributed by atoms with van der Waals surface area (Å²) in [5, 5.41) is 2.09. The smallest absolute Gasteiger partial charge is 0.344 e. The predicted molar refractivity (Wildman–Crippen MR) is 111 cm³/mol. The highest BCUT2D eigenvalue weighted by molar-refractivity contribution is 7.11. The molecule has 0 unspecified atom stereocenters.